The van der Waals surface area contributed by atoms with Crippen molar-refractivity contribution in [2.75, 3.05) is 0 Å². The van der Waals surface area contributed by atoms with Crippen molar-refractivity contribution in [3.63, 3.8) is 0 Å². The third-order valence-electron chi connectivity index (χ3n) is 1.66. The first-order valence-electron chi connectivity index (χ1n) is 3.75. The van der Waals surface area contributed by atoms with Gasteiger partial charge in [0.15, 0.2) is 0 Å². The van der Waals surface area contributed by atoms with Gasteiger partial charge in [-0.2, -0.15) is 12.6 Å². The van der Waals surface area contributed by atoms with Gasteiger partial charge in [0.25, 0.3) is 0 Å². The van der Waals surface area contributed by atoms with Gasteiger partial charge in [-0.15, -0.1) is 6.42 Å². The minimum Gasteiger partial charge on any atom is -0.423 e. The summed E-state index contributed by atoms with van der Waals surface area (Å²) < 4.78 is 0. The predicted octanol–water partition coefficient (Wildman–Crippen LogP) is -0.223. The molecule has 0 saturated heterocycles. The van der Waals surface area contributed by atoms with Gasteiger partial charge in [-0.05, 0) is 23.2 Å². The van der Waals surface area contributed by atoms with Crippen molar-refractivity contribution in [3.8, 4) is 12.3 Å². The van der Waals surface area contributed by atoms with Crippen LogP contribution in [0.1, 0.15) is 11.1 Å². The normalized spacial score (nSPS) is 9.38. The van der Waals surface area contributed by atoms with Crippen molar-refractivity contribution < 1.29 is 10.0 Å². The molecule has 13 heavy (non-hydrogen) atoms. The van der Waals surface area contributed by atoms with Crippen LogP contribution in [0.4, 0.5) is 0 Å². The molecule has 1 rings (SSSR count). The Bertz CT molecular complexity index is 344. The highest BCUT2D eigenvalue weighted by Crippen LogP contribution is 2.05. The summed E-state index contributed by atoms with van der Waals surface area (Å²) in [6.07, 6.45) is 5.20. The van der Waals surface area contributed by atoms with Gasteiger partial charge in [0.1, 0.15) is 0 Å². The predicted molar refractivity (Wildman–Crippen MR) is 56.9 cm³/mol. The summed E-state index contributed by atoms with van der Waals surface area (Å²) in [7, 11) is -1.48. The van der Waals surface area contributed by atoms with Crippen LogP contribution in [0.2, 0.25) is 0 Å². The van der Waals surface area contributed by atoms with Crippen LogP contribution in [0, 0.1) is 12.3 Å². The number of thiol groups is 1. The molecule has 0 amide bonds. The van der Waals surface area contributed by atoms with E-state index < -0.39 is 7.12 Å². The number of hydrogen-bond donors (Lipinski definition) is 3. The van der Waals surface area contributed by atoms with Crippen molar-refractivity contribution in [3.05, 3.63) is 29.3 Å². The lowest BCUT2D eigenvalue weighted by molar-refractivity contribution is 0.425. The fraction of sp³-hybridized carbons (Fsp3) is 0.111. The van der Waals surface area contributed by atoms with Crippen LogP contribution in [0.3, 0.4) is 0 Å². The number of terminal acetylenes is 1. The molecule has 0 unspecified atom stereocenters. The van der Waals surface area contributed by atoms with E-state index in [0.717, 1.165) is 5.56 Å². The third kappa shape index (κ3) is 2.53. The van der Waals surface area contributed by atoms with Crippen LogP contribution in [-0.4, -0.2) is 17.2 Å². The highest BCUT2D eigenvalue weighted by atomic mass is 32.1. The van der Waals surface area contributed by atoms with E-state index in [1.165, 1.54) is 0 Å². The molecule has 0 bridgehead atoms. The molecule has 0 spiro atoms. The zero-order chi connectivity index (χ0) is 9.84. The Balaban J connectivity index is 3.17. The summed E-state index contributed by atoms with van der Waals surface area (Å²) in [4.78, 5) is 0. The molecule has 2 N–H and O–H groups in total. The molecule has 2 nitrogen and oxygen atoms in total. The Labute approximate surface area is 83.2 Å². The van der Waals surface area contributed by atoms with Crippen molar-refractivity contribution in [2.24, 2.45) is 0 Å². The summed E-state index contributed by atoms with van der Waals surface area (Å²) in [5.41, 5.74) is 1.91. The van der Waals surface area contributed by atoms with Crippen molar-refractivity contribution in [1.29, 1.82) is 0 Å². The minimum atomic E-state index is -1.48. The van der Waals surface area contributed by atoms with Crippen molar-refractivity contribution in [1.82, 2.24) is 0 Å². The average molecular weight is 192 g/mol. The first kappa shape index (κ1) is 10.2. The molecule has 0 aromatic heterocycles. The Morgan fingerprint density at radius 3 is 2.54 bits per heavy atom. The lowest BCUT2D eigenvalue weighted by Crippen LogP contribution is -2.30. The molecule has 1 aromatic rings. The van der Waals surface area contributed by atoms with E-state index in [9.17, 15) is 0 Å². The smallest absolute Gasteiger partial charge is 0.423 e. The van der Waals surface area contributed by atoms with Gasteiger partial charge in [0.05, 0.1) is 0 Å². The second-order valence-electron chi connectivity index (χ2n) is 2.64. The first-order valence-corrected chi connectivity index (χ1v) is 4.38. The van der Waals surface area contributed by atoms with E-state index in [-0.39, 0.29) is 0 Å². The molecule has 0 aliphatic rings. The van der Waals surface area contributed by atoms with Gasteiger partial charge in [-0.25, -0.2) is 0 Å². The van der Waals surface area contributed by atoms with E-state index in [1.54, 1.807) is 18.2 Å². The number of hydrogen-bond acceptors (Lipinski definition) is 3. The monoisotopic (exact) mass is 192 g/mol. The van der Waals surface area contributed by atoms with Crippen LogP contribution in [0.5, 0.6) is 0 Å². The Morgan fingerprint density at radius 2 is 2.08 bits per heavy atom. The third-order valence-corrected chi connectivity index (χ3v) is 2.03. The lowest BCUT2D eigenvalue weighted by atomic mass is 9.79. The summed E-state index contributed by atoms with van der Waals surface area (Å²) in [5.74, 6) is 2.96. The van der Waals surface area contributed by atoms with Crippen molar-refractivity contribution >= 4 is 25.2 Å². The standard InChI is InChI=1S/C9H9BO2S/c1-2-7-3-8(6-13)5-9(4-7)10(11)12/h1,3-5,11-13H,6H2. The molecular weight excluding hydrogens is 183 g/mol. The van der Waals surface area contributed by atoms with E-state index in [0.29, 0.717) is 16.8 Å². The molecule has 0 saturated carbocycles. The number of benzene rings is 1. The molecule has 0 aliphatic carbocycles. The first-order chi connectivity index (χ1) is 6.17. The van der Waals surface area contributed by atoms with Crippen LogP contribution in [0.25, 0.3) is 0 Å². The molecule has 1 aromatic carbocycles. The largest absolute Gasteiger partial charge is 0.488 e. The molecule has 0 heterocycles. The van der Waals surface area contributed by atoms with E-state index in [4.69, 9.17) is 16.5 Å². The van der Waals surface area contributed by atoms with Crippen LogP contribution < -0.4 is 5.46 Å². The van der Waals surface area contributed by atoms with Gasteiger partial charge >= 0.3 is 7.12 Å². The summed E-state index contributed by atoms with van der Waals surface area (Å²) in [6.45, 7) is 0. The van der Waals surface area contributed by atoms with Crippen LogP contribution in [-0.2, 0) is 5.75 Å². The summed E-state index contributed by atoms with van der Waals surface area (Å²) in [5, 5.41) is 17.9. The van der Waals surface area contributed by atoms with Gasteiger partial charge < -0.3 is 10.0 Å². The lowest BCUT2D eigenvalue weighted by Gasteiger charge is -2.03. The topological polar surface area (TPSA) is 40.5 Å². The summed E-state index contributed by atoms with van der Waals surface area (Å²) in [6, 6.07) is 5.02. The van der Waals surface area contributed by atoms with Gasteiger partial charge in [0.2, 0.25) is 0 Å². The Kier molecular flexibility index (Phi) is 3.43. The molecule has 4 heteroatoms. The zero-order valence-corrected chi connectivity index (χ0v) is 7.83. The van der Waals surface area contributed by atoms with Gasteiger partial charge in [-0.3, -0.25) is 0 Å². The maximum atomic E-state index is 8.93. The molecule has 0 atom stereocenters. The van der Waals surface area contributed by atoms with E-state index in [1.807, 2.05) is 0 Å². The average Bonchev–Trinajstić information content (AvgIpc) is 2.16. The van der Waals surface area contributed by atoms with E-state index in [2.05, 4.69) is 18.5 Å². The maximum Gasteiger partial charge on any atom is 0.488 e. The summed E-state index contributed by atoms with van der Waals surface area (Å²) >= 11 is 4.08. The quantitative estimate of drug-likeness (QED) is 0.344. The number of rotatable bonds is 2. The van der Waals surface area contributed by atoms with Crippen molar-refractivity contribution in [2.45, 2.75) is 5.75 Å². The maximum absolute atomic E-state index is 8.93. The highest BCUT2D eigenvalue weighted by Gasteiger charge is 2.11. The molecular formula is C9H9BO2S. The molecule has 0 aliphatic heterocycles. The molecule has 0 fully saturated rings. The van der Waals surface area contributed by atoms with Gasteiger partial charge in [0, 0.05) is 11.3 Å². The minimum absolute atomic E-state index is 0.402. The van der Waals surface area contributed by atoms with E-state index >= 15 is 0 Å². The van der Waals surface area contributed by atoms with Crippen LogP contribution in [0.15, 0.2) is 18.2 Å². The van der Waals surface area contributed by atoms with Crippen LogP contribution >= 0.6 is 12.6 Å². The highest BCUT2D eigenvalue weighted by molar-refractivity contribution is 7.79. The molecule has 0 radical (unpaired) electrons. The fourth-order valence-electron chi connectivity index (χ4n) is 1.04. The Morgan fingerprint density at radius 1 is 1.38 bits per heavy atom. The second-order valence-corrected chi connectivity index (χ2v) is 2.96. The fourth-order valence-corrected chi connectivity index (χ4v) is 1.22. The molecule has 66 valence electrons. The van der Waals surface area contributed by atoms with Gasteiger partial charge in [-0.1, -0.05) is 12.0 Å². The SMILES string of the molecule is C#Cc1cc(CS)cc(B(O)O)c1. The zero-order valence-electron chi connectivity index (χ0n) is 6.94. The Hall–Kier alpha value is -0.885. The second kappa shape index (κ2) is 4.38.